The first-order chi connectivity index (χ1) is 13.9. The summed E-state index contributed by atoms with van der Waals surface area (Å²) < 4.78 is 5.04. The van der Waals surface area contributed by atoms with Crippen LogP contribution in [0.15, 0.2) is 30.6 Å². The molecular formula is C18H18N6O4S. The number of ether oxygens (including phenoxy) is 1. The van der Waals surface area contributed by atoms with Crippen LogP contribution in [-0.4, -0.2) is 32.5 Å². The quantitative estimate of drug-likeness (QED) is 0.333. The monoisotopic (exact) mass is 414 g/mol. The Morgan fingerprint density at radius 1 is 1.21 bits per heavy atom. The van der Waals surface area contributed by atoms with Gasteiger partial charge in [-0.1, -0.05) is 12.1 Å². The number of hydrogen-bond acceptors (Lipinski definition) is 10. The Kier molecular flexibility index (Phi) is 5.98. The van der Waals surface area contributed by atoms with E-state index in [9.17, 15) is 14.9 Å². The van der Waals surface area contributed by atoms with E-state index in [4.69, 9.17) is 4.74 Å². The number of nitro groups is 1. The normalized spacial score (nSPS) is 10.4. The second kappa shape index (κ2) is 8.61. The van der Waals surface area contributed by atoms with Crippen LogP contribution in [-0.2, 0) is 4.74 Å². The van der Waals surface area contributed by atoms with Crippen LogP contribution >= 0.6 is 11.3 Å². The molecule has 2 heterocycles. The van der Waals surface area contributed by atoms with Gasteiger partial charge in [-0.05, 0) is 32.9 Å². The van der Waals surface area contributed by atoms with Gasteiger partial charge in [-0.25, -0.2) is 19.7 Å². The minimum Gasteiger partial charge on any atom is -0.462 e. The van der Waals surface area contributed by atoms with E-state index in [1.54, 1.807) is 31.2 Å². The Labute approximate surface area is 170 Å². The first-order valence-electron chi connectivity index (χ1n) is 8.64. The second-order valence-electron chi connectivity index (χ2n) is 5.85. The van der Waals surface area contributed by atoms with Gasteiger partial charge in [0.25, 0.3) is 0 Å². The summed E-state index contributed by atoms with van der Waals surface area (Å²) in [5.41, 5.74) is 1.04. The van der Waals surface area contributed by atoms with Gasteiger partial charge in [-0.2, -0.15) is 0 Å². The predicted molar refractivity (Wildman–Crippen MR) is 109 cm³/mol. The van der Waals surface area contributed by atoms with E-state index >= 15 is 0 Å². The SMILES string of the molecule is CCOC(=O)c1ccccc1Nc1ncnc(Nc2nc(C)c(C)s2)c1[N+](=O)[O-]. The third-order valence-electron chi connectivity index (χ3n) is 3.93. The first kappa shape index (κ1) is 20.1. The van der Waals surface area contributed by atoms with Gasteiger partial charge in [-0.15, -0.1) is 11.3 Å². The van der Waals surface area contributed by atoms with E-state index in [0.717, 1.165) is 10.6 Å². The van der Waals surface area contributed by atoms with Crippen molar-refractivity contribution >= 4 is 45.4 Å². The van der Waals surface area contributed by atoms with Crippen LogP contribution in [0, 0.1) is 24.0 Å². The standard InChI is InChI=1S/C18H18N6O4S/c1-4-28-17(25)12-7-5-6-8-13(12)22-15-14(24(26)27)16(20-9-19-15)23-18-21-10(2)11(3)29-18/h5-9H,4H2,1-3H3,(H2,19,20,21,22,23). The number of nitrogens with zero attached hydrogens (tertiary/aromatic N) is 4. The minimum absolute atomic E-state index is 0.00475. The zero-order valence-electron chi connectivity index (χ0n) is 15.9. The zero-order chi connectivity index (χ0) is 21.0. The first-order valence-corrected chi connectivity index (χ1v) is 9.46. The van der Waals surface area contributed by atoms with E-state index in [2.05, 4.69) is 25.6 Å². The zero-order valence-corrected chi connectivity index (χ0v) is 16.7. The Hall–Kier alpha value is -3.60. The highest BCUT2D eigenvalue weighted by molar-refractivity contribution is 7.15. The predicted octanol–water partition coefficient (Wildman–Crippen LogP) is 4.12. The largest absolute Gasteiger partial charge is 0.462 e. The van der Waals surface area contributed by atoms with E-state index in [1.165, 1.54) is 17.7 Å². The van der Waals surface area contributed by atoms with Crippen molar-refractivity contribution in [2.75, 3.05) is 17.2 Å². The summed E-state index contributed by atoms with van der Waals surface area (Å²) in [4.78, 5) is 36.6. The van der Waals surface area contributed by atoms with Gasteiger partial charge in [0.05, 0.1) is 28.5 Å². The van der Waals surface area contributed by atoms with Crippen molar-refractivity contribution in [3.8, 4) is 0 Å². The summed E-state index contributed by atoms with van der Waals surface area (Å²) in [5, 5.41) is 18.0. The molecule has 0 amide bonds. The maximum atomic E-state index is 12.2. The van der Waals surface area contributed by atoms with Crippen molar-refractivity contribution in [2.24, 2.45) is 0 Å². The van der Waals surface area contributed by atoms with Crippen molar-refractivity contribution in [1.29, 1.82) is 0 Å². The second-order valence-corrected chi connectivity index (χ2v) is 7.06. The Balaban J connectivity index is 1.99. The molecule has 0 bridgehead atoms. The molecule has 1 aromatic carbocycles. The Morgan fingerprint density at radius 3 is 2.52 bits per heavy atom. The fraction of sp³-hybridized carbons (Fsp3) is 0.222. The average Bonchev–Trinajstić information content (AvgIpc) is 2.99. The summed E-state index contributed by atoms with van der Waals surface area (Å²) in [6.45, 7) is 5.67. The van der Waals surface area contributed by atoms with Crippen LogP contribution < -0.4 is 10.6 Å². The van der Waals surface area contributed by atoms with Crippen LogP contribution in [0.25, 0.3) is 0 Å². The number of anilines is 4. The third-order valence-corrected chi connectivity index (χ3v) is 4.92. The summed E-state index contributed by atoms with van der Waals surface area (Å²) in [5.74, 6) is -0.608. The number of benzene rings is 1. The average molecular weight is 414 g/mol. The summed E-state index contributed by atoms with van der Waals surface area (Å²) >= 11 is 1.36. The van der Waals surface area contributed by atoms with Crippen molar-refractivity contribution in [2.45, 2.75) is 20.8 Å². The molecule has 0 spiro atoms. The van der Waals surface area contributed by atoms with Crippen molar-refractivity contribution < 1.29 is 14.5 Å². The summed E-state index contributed by atoms with van der Waals surface area (Å²) in [7, 11) is 0. The lowest BCUT2D eigenvalue weighted by atomic mass is 10.2. The van der Waals surface area contributed by atoms with E-state index in [-0.39, 0.29) is 29.5 Å². The molecule has 10 nitrogen and oxygen atoms in total. The molecule has 0 saturated carbocycles. The number of nitrogens with one attached hydrogen (secondary N) is 2. The summed E-state index contributed by atoms with van der Waals surface area (Å²) in [6, 6.07) is 6.54. The van der Waals surface area contributed by atoms with E-state index < -0.39 is 10.9 Å². The van der Waals surface area contributed by atoms with E-state index in [0.29, 0.717) is 10.8 Å². The van der Waals surface area contributed by atoms with Crippen LogP contribution in [0.4, 0.5) is 28.1 Å². The van der Waals surface area contributed by atoms with E-state index in [1.807, 2.05) is 13.8 Å². The molecule has 0 saturated heterocycles. The highest BCUT2D eigenvalue weighted by atomic mass is 32.1. The molecule has 2 N–H and O–H groups in total. The topological polar surface area (TPSA) is 132 Å². The molecule has 0 aliphatic carbocycles. The smallest absolute Gasteiger partial charge is 0.353 e. The molecule has 0 fully saturated rings. The molecule has 0 radical (unpaired) electrons. The number of hydrogen-bond donors (Lipinski definition) is 2. The maximum absolute atomic E-state index is 12.2. The van der Waals surface area contributed by atoms with Crippen LogP contribution in [0.3, 0.4) is 0 Å². The minimum atomic E-state index is -0.592. The fourth-order valence-electron chi connectivity index (χ4n) is 2.47. The molecule has 0 atom stereocenters. The molecule has 11 heteroatoms. The van der Waals surface area contributed by atoms with Gasteiger partial charge in [0.1, 0.15) is 6.33 Å². The molecule has 0 aliphatic heterocycles. The van der Waals surface area contributed by atoms with Gasteiger partial charge in [0.15, 0.2) is 5.13 Å². The molecule has 0 unspecified atom stereocenters. The van der Waals surface area contributed by atoms with Crippen molar-refractivity contribution in [3.05, 3.63) is 56.8 Å². The molecule has 3 aromatic rings. The van der Waals surface area contributed by atoms with Crippen LogP contribution in [0.5, 0.6) is 0 Å². The van der Waals surface area contributed by atoms with Gasteiger partial charge >= 0.3 is 11.7 Å². The van der Waals surface area contributed by atoms with Gasteiger partial charge in [0.2, 0.25) is 11.6 Å². The van der Waals surface area contributed by atoms with Gasteiger partial charge in [-0.3, -0.25) is 10.1 Å². The molecular weight excluding hydrogens is 396 g/mol. The molecule has 29 heavy (non-hydrogen) atoms. The number of thiazole rings is 1. The number of rotatable bonds is 7. The van der Waals surface area contributed by atoms with Gasteiger partial charge < -0.3 is 15.4 Å². The van der Waals surface area contributed by atoms with Gasteiger partial charge in [0, 0.05) is 4.88 Å². The number of esters is 1. The highest BCUT2D eigenvalue weighted by Crippen LogP contribution is 2.35. The number of para-hydroxylation sites is 1. The van der Waals surface area contributed by atoms with Crippen molar-refractivity contribution in [1.82, 2.24) is 15.0 Å². The lowest BCUT2D eigenvalue weighted by Gasteiger charge is -2.12. The fourth-order valence-corrected chi connectivity index (χ4v) is 3.28. The van der Waals surface area contributed by atoms with Crippen LogP contribution in [0.1, 0.15) is 27.9 Å². The van der Waals surface area contributed by atoms with Crippen molar-refractivity contribution in [3.63, 3.8) is 0 Å². The molecule has 3 rings (SSSR count). The number of aromatic nitrogens is 3. The molecule has 2 aromatic heterocycles. The molecule has 150 valence electrons. The molecule has 0 aliphatic rings. The van der Waals surface area contributed by atoms with Crippen LogP contribution in [0.2, 0.25) is 0 Å². The number of aryl methyl sites for hydroxylation is 2. The lowest BCUT2D eigenvalue weighted by molar-refractivity contribution is -0.383. The highest BCUT2D eigenvalue weighted by Gasteiger charge is 2.25. The maximum Gasteiger partial charge on any atom is 0.353 e. The lowest BCUT2D eigenvalue weighted by Crippen LogP contribution is -2.10. The third kappa shape index (κ3) is 4.46. The Morgan fingerprint density at radius 2 is 1.90 bits per heavy atom. The Bertz CT molecular complexity index is 1050. The number of carbonyl (C=O) groups excluding carboxylic acids is 1. The summed E-state index contributed by atoms with van der Waals surface area (Å²) in [6.07, 6.45) is 1.19. The number of carbonyl (C=O) groups is 1.